The van der Waals surface area contributed by atoms with E-state index in [9.17, 15) is 9.59 Å². The van der Waals surface area contributed by atoms with Crippen molar-refractivity contribution in [1.29, 1.82) is 0 Å². The van der Waals surface area contributed by atoms with Gasteiger partial charge in [0.2, 0.25) is 5.91 Å². The lowest BCUT2D eigenvalue weighted by molar-refractivity contribution is -0.123. The highest BCUT2D eigenvalue weighted by atomic mass is 32.2. The molecule has 1 aromatic carbocycles. The molecule has 0 saturated carbocycles. The van der Waals surface area contributed by atoms with Gasteiger partial charge in [-0.3, -0.25) is 14.5 Å². The molecule has 27 heavy (non-hydrogen) atoms. The average Bonchev–Trinajstić information content (AvgIpc) is 2.68. The fraction of sp³-hybridized carbons (Fsp3) is 0.600. The molecule has 1 aromatic rings. The van der Waals surface area contributed by atoms with Crippen LogP contribution in [0.3, 0.4) is 0 Å². The number of carbonyl (C=O) groups is 2. The van der Waals surface area contributed by atoms with Crippen LogP contribution >= 0.6 is 23.5 Å². The zero-order valence-electron chi connectivity index (χ0n) is 16.1. The minimum Gasteiger partial charge on any atom is -0.353 e. The molecule has 3 rings (SSSR count). The van der Waals surface area contributed by atoms with Crippen LogP contribution in [-0.4, -0.2) is 71.9 Å². The number of thioether (sulfide) groups is 2. The highest BCUT2D eigenvalue weighted by Crippen LogP contribution is 2.43. The molecular weight excluding hydrogens is 378 g/mol. The van der Waals surface area contributed by atoms with Crippen molar-refractivity contribution in [3.63, 3.8) is 0 Å². The van der Waals surface area contributed by atoms with Gasteiger partial charge in [0.05, 0.1) is 11.1 Å². The molecule has 0 radical (unpaired) electrons. The van der Waals surface area contributed by atoms with Crippen LogP contribution in [0.1, 0.15) is 40.8 Å². The monoisotopic (exact) mass is 407 g/mol. The number of benzene rings is 1. The number of piperazine rings is 1. The molecule has 2 amide bonds. The van der Waals surface area contributed by atoms with Crippen molar-refractivity contribution in [2.75, 3.05) is 44.2 Å². The number of hydrogen-bond acceptors (Lipinski definition) is 5. The van der Waals surface area contributed by atoms with E-state index in [1.807, 2.05) is 54.4 Å². The molecule has 2 fully saturated rings. The number of hydrogen-bond donors (Lipinski definition) is 1. The topological polar surface area (TPSA) is 52.7 Å². The van der Waals surface area contributed by atoms with Crippen molar-refractivity contribution >= 4 is 35.3 Å². The normalized spacial score (nSPS) is 19.3. The molecule has 0 atom stereocenters. The summed E-state index contributed by atoms with van der Waals surface area (Å²) in [4.78, 5) is 28.7. The van der Waals surface area contributed by atoms with E-state index in [2.05, 4.69) is 22.3 Å². The van der Waals surface area contributed by atoms with Crippen LogP contribution in [0.2, 0.25) is 0 Å². The Kier molecular flexibility index (Phi) is 7.49. The molecule has 7 heteroatoms. The summed E-state index contributed by atoms with van der Waals surface area (Å²) in [6.07, 6.45) is 1.29. The third kappa shape index (κ3) is 5.90. The lowest BCUT2D eigenvalue weighted by Gasteiger charge is -2.34. The first-order valence-electron chi connectivity index (χ1n) is 9.67. The van der Waals surface area contributed by atoms with Crippen LogP contribution in [0, 0.1) is 0 Å². The zero-order chi connectivity index (χ0) is 19.2. The summed E-state index contributed by atoms with van der Waals surface area (Å²) in [5.41, 5.74) is 2.07. The summed E-state index contributed by atoms with van der Waals surface area (Å²) in [6.45, 7) is 7.16. The van der Waals surface area contributed by atoms with Crippen LogP contribution in [0.4, 0.5) is 0 Å². The predicted molar refractivity (Wildman–Crippen MR) is 114 cm³/mol. The van der Waals surface area contributed by atoms with Gasteiger partial charge in [-0.15, -0.1) is 23.5 Å². The van der Waals surface area contributed by atoms with E-state index in [0.29, 0.717) is 24.2 Å². The summed E-state index contributed by atoms with van der Waals surface area (Å²) >= 11 is 3.99. The first kappa shape index (κ1) is 20.6. The van der Waals surface area contributed by atoms with Gasteiger partial charge in [0.15, 0.2) is 0 Å². The van der Waals surface area contributed by atoms with E-state index < -0.39 is 0 Å². The van der Waals surface area contributed by atoms with Crippen LogP contribution in [0.15, 0.2) is 24.3 Å². The Morgan fingerprint density at radius 2 is 1.70 bits per heavy atom. The second-order valence-corrected chi connectivity index (χ2v) is 10.1. The van der Waals surface area contributed by atoms with Crippen molar-refractivity contribution in [3.05, 3.63) is 35.4 Å². The Morgan fingerprint density at radius 1 is 1.07 bits per heavy atom. The van der Waals surface area contributed by atoms with E-state index >= 15 is 0 Å². The summed E-state index contributed by atoms with van der Waals surface area (Å²) < 4.78 is 0.503. The van der Waals surface area contributed by atoms with Crippen LogP contribution in [0.5, 0.6) is 0 Å². The predicted octanol–water partition coefficient (Wildman–Crippen LogP) is 2.84. The van der Waals surface area contributed by atoms with E-state index in [4.69, 9.17) is 0 Å². The van der Waals surface area contributed by atoms with Crippen LogP contribution in [-0.2, 0) is 4.79 Å². The van der Waals surface area contributed by atoms with Gasteiger partial charge >= 0.3 is 0 Å². The van der Waals surface area contributed by atoms with Crippen molar-refractivity contribution in [1.82, 2.24) is 15.1 Å². The lowest BCUT2D eigenvalue weighted by atomic mass is 10.1. The van der Waals surface area contributed by atoms with Gasteiger partial charge in [0.25, 0.3) is 5.91 Å². The lowest BCUT2D eigenvalue weighted by Crippen LogP contribution is -2.51. The number of nitrogens with zero attached hydrogens (tertiary/aromatic N) is 2. The zero-order valence-corrected chi connectivity index (χ0v) is 17.8. The number of amides is 2. The molecule has 5 nitrogen and oxygen atoms in total. The number of rotatable bonds is 5. The summed E-state index contributed by atoms with van der Waals surface area (Å²) in [5.74, 6) is 2.59. The summed E-state index contributed by atoms with van der Waals surface area (Å²) in [6, 6.07) is 8.31. The van der Waals surface area contributed by atoms with Gasteiger partial charge in [0.1, 0.15) is 0 Å². The van der Waals surface area contributed by atoms with Crippen molar-refractivity contribution in [3.8, 4) is 0 Å². The SMILES string of the molecule is CC(C)NC(=O)CN1CCN(C(=O)c2ccc(C3SCCCS3)cc2)CC1. The van der Waals surface area contributed by atoms with Gasteiger partial charge in [-0.1, -0.05) is 12.1 Å². The Morgan fingerprint density at radius 3 is 2.30 bits per heavy atom. The molecule has 148 valence electrons. The van der Waals surface area contributed by atoms with Crippen molar-refractivity contribution in [2.45, 2.75) is 30.9 Å². The fourth-order valence-corrected chi connectivity index (χ4v) is 6.22. The smallest absolute Gasteiger partial charge is 0.253 e. The Bertz CT molecular complexity index is 637. The maximum Gasteiger partial charge on any atom is 0.253 e. The second-order valence-electron chi connectivity index (χ2n) is 7.34. The molecule has 0 aliphatic carbocycles. The molecular formula is C20H29N3O2S2. The average molecular weight is 408 g/mol. The fourth-order valence-electron chi connectivity index (χ4n) is 3.33. The molecule has 2 aliphatic heterocycles. The van der Waals surface area contributed by atoms with Gasteiger partial charge < -0.3 is 10.2 Å². The highest BCUT2D eigenvalue weighted by Gasteiger charge is 2.24. The molecule has 2 aliphatic rings. The molecule has 2 heterocycles. The molecule has 0 spiro atoms. The minimum absolute atomic E-state index is 0.0545. The molecule has 0 aromatic heterocycles. The molecule has 0 unspecified atom stereocenters. The third-order valence-electron chi connectivity index (χ3n) is 4.73. The van der Waals surface area contributed by atoms with Crippen LogP contribution in [0.25, 0.3) is 0 Å². The van der Waals surface area contributed by atoms with Gasteiger partial charge in [0, 0.05) is 37.8 Å². The minimum atomic E-state index is 0.0545. The highest BCUT2D eigenvalue weighted by molar-refractivity contribution is 8.16. The first-order valence-corrected chi connectivity index (χ1v) is 11.8. The Labute approximate surface area is 170 Å². The molecule has 0 bridgehead atoms. The van der Waals surface area contributed by atoms with Crippen molar-refractivity contribution in [2.24, 2.45) is 0 Å². The maximum absolute atomic E-state index is 12.8. The van der Waals surface area contributed by atoms with Gasteiger partial charge in [-0.2, -0.15) is 0 Å². The standard InChI is InChI=1S/C20H29N3O2S2/c1-15(2)21-18(24)14-22-8-10-23(11-9-22)19(25)16-4-6-17(7-5-16)20-26-12-3-13-27-20/h4-7,15,20H,3,8-14H2,1-2H3,(H,21,24). The first-order chi connectivity index (χ1) is 13.0. The third-order valence-corrected chi connectivity index (χ3v) is 7.75. The summed E-state index contributed by atoms with van der Waals surface area (Å²) in [7, 11) is 0. The Balaban J connectivity index is 1.49. The van der Waals surface area contributed by atoms with Crippen LogP contribution < -0.4 is 5.32 Å². The van der Waals surface area contributed by atoms with E-state index in [1.165, 1.54) is 23.5 Å². The number of carbonyl (C=O) groups excluding carboxylic acids is 2. The van der Waals surface area contributed by atoms with Gasteiger partial charge in [-0.05, 0) is 49.5 Å². The summed E-state index contributed by atoms with van der Waals surface area (Å²) in [5, 5.41) is 2.92. The molecule has 2 saturated heterocycles. The van der Waals surface area contributed by atoms with E-state index in [1.54, 1.807) is 0 Å². The van der Waals surface area contributed by atoms with E-state index in [-0.39, 0.29) is 17.9 Å². The van der Waals surface area contributed by atoms with E-state index in [0.717, 1.165) is 18.7 Å². The maximum atomic E-state index is 12.8. The Hall–Kier alpha value is -1.18. The van der Waals surface area contributed by atoms with Gasteiger partial charge in [-0.25, -0.2) is 0 Å². The second kappa shape index (κ2) is 9.85. The van der Waals surface area contributed by atoms with Crippen molar-refractivity contribution < 1.29 is 9.59 Å². The molecule has 1 N–H and O–H groups in total. The number of nitrogens with one attached hydrogen (secondary N) is 1. The quantitative estimate of drug-likeness (QED) is 0.813. The largest absolute Gasteiger partial charge is 0.353 e.